The Labute approximate surface area is 424 Å². The minimum atomic E-state index is -1.94. The lowest BCUT2D eigenvalue weighted by atomic mass is 9.73. The number of benzene rings is 8. The maximum atomic E-state index is 14.5. The maximum Gasteiger partial charge on any atom is 0.141 e. The van der Waals surface area contributed by atoms with Gasteiger partial charge < -0.3 is 53.0 Å². The predicted molar refractivity (Wildman–Crippen MR) is 283 cm³/mol. The summed E-state index contributed by atoms with van der Waals surface area (Å²) in [6.07, 6.45) is 3.54. The molecule has 0 amide bonds. The molecule has 0 saturated carbocycles. The van der Waals surface area contributed by atoms with E-state index in [1.807, 2.05) is 84.9 Å². The van der Waals surface area contributed by atoms with Crippen LogP contribution in [-0.2, 0) is 24.3 Å². The molecule has 0 bridgehead atoms. The van der Waals surface area contributed by atoms with Crippen LogP contribution >= 0.6 is 0 Å². The van der Waals surface area contributed by atoms with Crippen LogP contribution in [0.3, 0.4) is 0 Å². The van der Waals surface area contributed by atoms with Crippen molar-refractivity contribution in [2.24, 2.45) is 0 Å². The number of pyridine rings is 1. The van der Waals surface area contributed by atoms with Gasteiger partial charge in [0.1, 0.15) is 57.2 Å². The number of aromatic nitrogens is 1. The summed E-state index contributed by atoms with van der Waals surface area (Å²) in [6, 6.07) is 46.4. The van der Waals surface area contributed by atoms with Crippen molar-refractivity contribution < 1.29 is 48.1 Å². The molecule has 0 spiro atoms. The number of rotatable bonds is 15. The van der Waals surface area contributed by atoms with E-state index in [2.05, 4.69) is 46.3 Å². The monoisotopic (exact) mass is 976 g/mol. The molecule has 9 aromatic rings. The smallest absolute Gasteiger partial charge is 0.141 e. The summed E-state index contributed by atoms with van der Waals surface area (Å²) in [5.74, 6) is 3.86. The molecule has 0 saturated heterocycles. The van der Waals surface area contributed by atoms with Crippen molar-refractivity contribution in [1.82, 2.24) is 4.98 Å². The van der Waals surface area contributed by atoms with Crippen LogP contribution in [0.25, 0.3) is 32.7 Å². The maximum absolute atomic E-state index is 14.5. The van der Waals surface area contributed by atoms with Gasteiger partial charge >= 0.3 is 0 Å². The van der Waals surface area contributed by atoms with E-state index in [-0.39, 0.29) is 13.1 Å². The standard InChI is InChI=1S/C61H56N2O10/c1-66-44-23-39(24-45(31-44)67-2)60(64,40-25-46(68-3)32-47(26-40)69-4)56-21-37-13-9-11-15-52(37)58-54(56)35-63(43-17-19-62-20-18-43)36-55-57(22-38-14-10-12-16-53(38)59(55)58)61(65,41-27-48(70-5)33-49(28-41)71-6)42-29-50(72-7)34-51(30-42)73-8/h9-34,64-65H,35-36H2,1-8H3. The van der Waals surface area contributed by atoms with Crippen molar-refractivity contribution in [3.05, 3.63) is 202 Å². The number of methoxy groups -OCH3 is 8. The number of fused-ring (bicyclic) bond motifs is 7. The van der Waals surface area contributed by atoms with Gasteiger partial charge in [-0.05, 0) is 150 Å². The minimum absolute atomic E-state index is 0.283. The average Bonchev–Trinajstić information content (AvgIpc) is 3.65. The molecule has 1 aliphatic heterocycles. The fourth-order valence-electron chi connectivity index (χ4n) is 10.5. The highest BCUT2D eigenvalue weighted by molar-refractivity contribution is 6.10. The van der Waals surface area contributed by atoms with Crippen LogP contribution in [0.5, 0.6) is 46.0 Å². The zero-order valence-corrected chi connectivity index (χ0v) is 42.0. The third kappa shape index (κ3) is 8.37. The molecule has 73 heavy (non-hydrogen) atoms. The van der Waals surface area contributed by atoms with Crippen LogP contribution < -0.4 is 42.8 Å². The van der Waals surface area contributed by atoms with Gasteiger partial charge in [0, 0.05) is 55.4 Å². The highest BCUT2D eigenvalue weighted by Crippen LogP contribution is 2.54. The van der Waals surface area contributed by atoms with Crippen molar-refractivity contribution in [1.29, 1.82) is 0 Å². The van der Waals surface area contributed by atoms with Gasteiger partial charge in [-0.3, -0.25) is 4.98 Å². The third-order valence-corrected chi connectivity index (χ3v) is 14.1. The van der Waals surface area contributed by atoms with Gasteiger partial charge in [-0.2, -0.15) is 0 Å². The Morgan fingerprint density at radius 3 is 0.959 bits per heavy atom. The Hall–Kier alpha value is -8.45. The summed E-state index contributed by atoms with van der Waals surface area (Å²) >= 11 is 0. The van der Waals surface area contributed by atoms with E-state index in [4.69, 9.17) is 37.9 Å². The second-order valence-corrected chi connectivity index (χ2v) is 17.9. The Morgan fingerprint density at radius 1 is 0.384 bits per heavy atom. The lowest BCUT2D eigenvalue weighted by Gasteiger charge is -2.35. The summed E-state index contributed by atoms with van der Waals surface area (Å²) in [7, 11) is 12.7. The Morgan fingerprint density at radius 2 is 0.671 bits per heavy atom. The predicted octanol–water partition coefficient (Wildman–Crippen LogP) is 11.2. The topological polar surface area (TPSA) is 130 Å². The van der Waals surface area contributed by atoms with E-state index in [0.717, 1.165) is 49.5 Å². The van der Waals surface area contributed by atoms with E-state index in [0.29, 0.717) is 79.4 Å². The lowest BCUT2D eigenvalue weighted by molar-refractivity contribution is 0.123. The van der Waals surface area contributed by atoms with Crippen LogP contribution in [0.4, 0.5) is 5.69 Å². The van der Waals surface area contributed by atoms with E-state index in [9.17, 15) is 10.2 Å². The highest BCUT2D eigenvalue weighted by atomic mass is 16.5. The third-order valence-electron chi connectivity index (χ3n) is 14.1. The fraction of sp³-hybridized carbons (Fsp3) is 0.197. The van der Waals surface area contributed by atoms with Crippen LogP contribution in [-0.4, -0.2) is 72.1 Å². The first kappa shape index (κ1) is 48.2. The van der Waals surface area contributed by atoms with Gasteiger partial charge in [0.2, 0.25) is 0 Å². The van der Waals surface area contributed by atoms with Crippen molar-refractivity contribution >= 4 is 27.2 Å². The summed E-state index contributed by atoms with van der Waals surface area (Å²) in [5, 5.41) is 32.5. The zero-order chi connectivity index (χ0) is 51.0. The first-order valence-corrected chi connectivity index (χ1v) is 23.7. The van der Waals surface area contributed by atoms with Gasteiger partial charge in [0.25, 0.3) is 0 Å². The molecular formula is C61H56N2O10. The Kier molecular flexibility index (Phi) is 13.0. The average molecular weight is 977 g/mol. The SMILES string of the molecule is COc1cc(OC)cc(C(O)(c2cc(OC)cc(OC)c2)c2cc3ccccc3c3c2CN(c2ccncc2)Cc2c(C(O)(c4cc(OC)cc(OC)c4)c4cc(OC)cc(OC)c4)cc4ccccc4c2-3)c1. The largest absolute Gasteiger partial charge is 0.497 e. The quantitative estimate of drug-likeness (QED) is 0.0949. The number of hydrogen-bond acceptors (Lipinski definition) is 12. The molecule has 0 unspecified atom stereocenters. The Balaban J connectivity index is 1.43. The minimum Gasteiger partial charge on any atom is -0.497 e. The second-order valence-electron chi connectivity index (χ2n) is 17.9. The number of nitrogens with zero attached hydrogens (tertiary/aromatic N) is 2. The molecule has 1 aromatic heterocycles. The number of hydrogen-bond donors (Lipinski definition) is 2. The van der Waals surface area contributed by atoms with Crippen molar-refractivity contribution in [3.8, 4) is 57.1 Å². The molecule has 8 aromatic carbocycles. The molecule has 2 heterocycles. The second kappa shape index (κ2) is 19.6. The van der Waals surface area contributed by atoms with Crippen LogP contribution in [0.2, 0.25) is 0 Å². The van der Waals surface area contributed by atoms with Gasteiger partial charge in [-0.15, -0.1) is 0 Å². The van der Waals surface area contributed by atoms with E-state index >= 15 is 0 Å². The van der Waals surface area contributed by atoms with Gasteiger partial charge in [-0.1, -0.05) is 48.5 Å². The highest BCUT2D eigenvalue weighted by Gasteiger charge is 2.44. The molecule has 1 aliphatic rings. The molecule has 370 valence electrons. The molecular weight excluding hydrogens is 921 g/mol. The van der Waals surface area contributed by atoms with Crippen molar-refractivity contribution in [2.45, 2.75) is 24.3 Å². The number of ether oxygens (including phenoxy) is 8. The van der Waals surface area contributed by atoms with E-state index < -0.39 is 11.2 Å². The van der Waals surface area contributed by atoms with Crippen LogP contribution in [0.15, 0.2) is 158 Å². The number of anilines is 1. The molecule has 12 heteroatoms. The lowest BCUT2D eigenvalue weighted by Crippen LogP contribution is -2.33. The molecule has 2 N–H and O–H groups in total. The first-order valence-electron chi connectivity index (χ1n) is 23.7. The molecule has 0 aliphatic carbocycles. The summed E-state index contributed by atoms with van der Waals surface area (Å²) in [5.41, 5.74) is 3.43. The molecule has 10 rings (SSSR count). The summed E-state index contributed by atoms with van der Waals surface area (Å²) < 4.78 is 47.1. The van der Waals surface area contributed by atoms with E-state index in [1.54, 1.807) is 93.5 Å². The van der Waals surface area contributed by atoms with Gasteiger partial charge in [0.15, 0.2) is 0 Å². The van der Waals surface area contributed by atoms with Gasteiger partial charge in [0.05, 0.1) is 56.9 Å². The summed E-state index contributed by atoms with van der Waals surface area (Å²) in [4.78, 5) is 6.70. The molecule has 0 radical (unpaired) electrons. The summed E-state index contributed by atoms with van der Waals surface area (Å²) in [6.45, 7) is 0.565. The molecule has 0 fully saturated rings. The Bertz CT molecular complexity index is 3110. The molecule has 0 atom stereocenters. The first-order chi connectivity index (χ1) is 35.5. The van der Waals surface area contributed by atoms with Crippen LogP contribution in [0.1, 0.15) is 44.5 Å². The normalized spacial score (nSPS) is 12.4. The fourth-order valence-corrected chi connectivity index (χ4v) is 10.5. The van der Waals surface area contributed by atoms with Crippen molar-refractivity contribution in [3.63, 3.8) is 0 Å². The van der Waals surface area contributed by atoms with Gasteiger partial charge in [-0.25, -0.2) is 0 Å². The zero-order valence-electron chi connectivity index (χ0n) is 42.0. The van der Waals surface area contributed by atoms with Crippen molar-refractivity contribution in [2.75, 3.05) is 61.8 Å². The number of aliphatic hydroxyl groups is 2. The van der Waals surface area contributed by atoms with E-state index in [1.165, 1.54) is 0 Å². The van der Waals surface area contributed by atoms with Crippen LogP contribution in [0, 0.1) is 0 Å². The molecule has 12 nitrogen and oxygen atoms in total.